The zero-order valence-electron chi connectivity index (χ0n) is 14.7. The number of nitrogens with one attached hydrogen (secondary N) is 1. The first-order valence-corrected chi connectivity index (χ1v) is 8.35. The molecule has 3 rings (SSSR count). The Balaban J connectivity index is 1.60. The minimum Gasteiger partial charge on any atom is -0.359 e. The Hall–Kier alpha value is -3.35. The van der Waals surface area contributed by atoms with E-state index in [1.807, 2.05) is 24.1 Å². The summed E-state index contributed by atoms with van der Waals surface area (Å²) in [5.41, 5.74) is 1.68. The van der Waals surface area contributed by atoms with Crippen molar-refractivity contribution < 1.29 is 13.6 Å². The molecule has 2 aromatic heterocycles. The van der Waals surface area contributed by atoms with Crippen molar-refractivity contribution in [1.29, 1.82) is 0 Å². The molecule has 0 aliphatic rings. The first-order chi connectivity index (χ1) is 13.0. The summed E-state index contributed by atoms with van der Waals surface area (Å²) in [5, 5.41) is 2.52. The number of carbonyl (C=O) groups is 1. The van der Waals surface area contributed by atoms with Gasteiger partial charge in [-0.05, 0) is 48.4 Å². The summed E-state index contributed by atoms with van der Waals surface area (Å²) in [7, 11) is 1.92. The highest BCUT2D eigenvalue weighted by Crippen LogP contribution is 2.15. The van der Waals surface area contributed by atoms with E-state index in [1.165, 1.54) is 17.8 Å². The summed E-state index contributed by atoms with van der Waals surface area (Å²) in [6, 6.07) is 10.5. The second-order valence-electron chi connectivity index (χ2n) is 6.02. The third-order valence-corrected chi connectivity index (χ3v) is 4.06. The molecule has 0 unspecified atom stereocenters. The maximum Gasteiger partial charge on any atom is 0.257 e. The monoisotopic (exact) mass is 368 g/mol. The molecule has 0 aliphatic carbocycles. The van der Waals surface area contributed by atoms with E-state index in [1.54, 1.807) is 24.5 Å². The van der Waals surface area contributed by atoms with Gasteiger partial charge in [-0.3, -0.25) is 9.78 Å². The minimum absolute atomic E-state index is 0.178. The van der Waals surface area contributed by atoms with Crippen molar-refractivity contribution in [2.24, 2.45) is 0 Å². The number of anilines is 2. The summed E-state index contributed by atoms with van der Waals surface area (Å²) in [4.78, 5) is 22.5. The van der Waals surface area contributed by atoms with Crippen LogP contribution in [0, 0.1) is 11.6 Å². The second kappa shape index (κ2) is 8.35. The Labute approximate surface area is 155 Å². The largest absolute Gasteiger partial charge is 0.359 e. The molecular weight excluding hydrogens is 350 g/mol. The van der Waals surface area contributed by atoms with Gasteiger partial charge in [-0.15, -0.1) is 0 Å². The van der Waals surface area contributed by atoms with Crippen molar-refractivity contribution >= 4 is 17.4 Å². The van der Waals surface area contributed by atoms with Gasteiger partial charge in [0.15, 0.2) is 11.6 Å². The summed E-state index contributed by atoms with van der Waals surface area (Å²) in [6.45, 7) is 0.761. The number of hydrogen-bond donors (Lipinski definition) is 1. The predicted octanol–water partition coefficient (Wildman–Crippen LogP) is 3.69. The maximum absolute atomic E-state index is 13.2. The van der Waals surface area contributed by atoms with Crippen LogP contribution in [-0.4, -0.2) is 29.5 Å². The third-order valence-electron chi connectivity index (χ3n) is 4.06. The van der Waals surface area contributed by atoms with Crippen LogP contribution in [0.1, 0.15) is 15.9 Å². The Bertz CT molecular complexity index is 917. The highest BCUT2D eigenvalue weighted by atomic mass is 19.2. The van der Waals surface area contributed by atoms with Gasteiger partial charge in [0.2, 0.25) is 0 Å². The van der Waals surface area contributed by atoms with Crippen molar-refractivity contribution in [2.45, 2.75) is 6.42 Å². The van der Waals surface area contributed by atoms with Gasteiger partial charge < -0.3 is 10.2 Å². The summed E-state index contributed by atoms with van der Waals surface area (Å²) in [5.74, 6) is -1.70. The normalized spacial score (nSPS) is 10.5. The van der Waals surface area contributed by atoms with Gasteiger partial charge in [0.1, 0.15) is 5.82 Å². The van der Waals surface area contributed by atoms with Gasteiger partial charge >= 0.3 is 0 Å². The third kappa shape index (κ3) is 4.84. The first kappa shape index (κ1) is 18.4. The van der Waals surface area contributed by atoms with Crippen LogP contribution in [0.4, 0.5) is 20.3 Å². The van der Waals surface area contributed by atoms with Crippen LogP contribution in [0.3, 0.4) is 0 Å². The predicted molar refractivity (Wildman–Crippen MR) is 99.8 cm³/mol. The molecule has 1 amide bonds. The number of benzene rings is 1. The van der Waals surface area contributed by atoms with E-state index >= 15 is 0 Å². The van der Waals surface area contributed by atoms with E-state index < -0.39 is 17.5 Å². The average molecular weight is 368 g/mol. The van der Waals surface area contributed by atoms with Gasteiger partial charge in [-0.2, -0.15) is 0 Å². The molecule has 0 radical (unpaired) electrons. The fourth-order valence-corrected chi connectivity index (χ4v) is 2.48. The molecular formula is C20H18F2N4O. The van der Waals surface area contributed by atoms with Crippen LogP contribution >= 0.6 is 0 Å². The molecule has 5 nitrogen and oxygen atoms in total. The lowest BCUT2D eigenvalue weighted by molar-refractivity contribution is 0.102. The average Bonchev–Trinajstić information content (AvgIpc) is 2.70. The molecule has 1 N–H and O–H groups in total. The van der Waals surface area contributed by atoms with Crippen LogP contribution < -0.4 is 10.2 Å². The summed E-state index contributed by atoms with van der Waals surface area (Å²) in [6.07, 6.45) is 5.81. The topological polar surface area (TPSA) is 58.1 Å². The van der Waals surface area contributed by atoms with Crippen LogP contribution in [0.25, 0.3) is 0 Å². The fourth-order valence-electron chi connectivity index (χ4n) is 2.48. The van der Waals surface area contributed by atoms with Gasteiger partial charge in [-0.1, -0.05) is 0 Å². The number of pyridine rings is 2. The second-order valence-corrected chi connectivity index (χ2v) is 6.02. The van der Waals surface area contributed by atoms with Gasteiger partial charge in [0, 0.05) is 43.9 Å². The number of nitrogens with zero attached hydrogens (tertiary/aromatic N) is 3. The first-order valence-electron chi connectivity index (χ1n) is 8.35. The van der Waals surface area contributed by atoms with Crippen molar-refractivity contribution in [3.05, 3.63) is 83.8 Å². The molecule has 3 aromatic rings. The van der Waals surface area contributed by atoms with E-state index in [-0.39, 0.29) is 5.69 Å². The molecule has 0 spiro atoms. The zero-order valence-corrected chi connectivity index (χ0v) is 14.7. The van der Waals surface area contributed by atoms with E-state index in [0.29, 0.717) is 5.56 Å². The Morgan fingerprint density at radius 3 is 2.52 bits per heavy atom. The summed E-state index contributed by atoms with van der Waals surface area (Å²) >= 11 is 0. The van der Waals surface area contributed by atoms with E-state index in [9.17, 15) is 13.6 Å². The quantitative estimate of drug-likeness (QED) is 0.721. The molecule has 0 bridgehead atoms. The summed E-state index contributed by atoms with van der Waals surface area (Å²) < 4.78 is 26.2. The molecule has 27 heavy (non-hydrogen) atoms. The van der Waals surface area contributed by atoms with Crippen molar-refractivity contribution in [3.8, 4) is 0 Å². The number of hydrogen-bond acceptors (Lipinski definition) is 4. The molecule has 1 aromatic carbocycles. The van der Waals surface area contributed by atoms with Crippen LogP contribution in [0.2, 0.25) is 0 Å². The zero-order chi connectivity index (χ0) is 19.2. The number of carbonyl (C=O) groups excluding carboxylic acids is 1. The van der Waals surface area contributed by atoms with Gasteiger partial charge in [0.05, 0.1) is 5.56 Å². The molecule has 2 heterocycles. The van der Waals surface area contributed by atoms with Crippen molar-refractivity contribution in [2.75, 3.05) is 23.8 Å². The standard InChI is InChI=1S/C20H18F2N4O/c1-26(11-8-14-6-9-23-10-7-14)19-5-2-15(13-24-19)20(27)25-16-3-4-17(21)18(22)12-16/h2-7,9-10,12-13H,8,11H2,1H3,(H,25,27). The molecule has 7 heteroatoms. The lowest BCUT2D eigenvalue weighted by Crippen LogP contribution is -2.21. The maximum atomic E-state index is 13.2. The van der Waals surface area contributed by atoms with Crippen LogP contribution in [0.15, 0.2) is 61.1 Å². The number of halogens is 2. The number of likely N-dealkylation sites (N-methyl/N-ethyl adjacent to an activating group) is 1. The SMILES string of the molecule is CN(CCc1ccncc1)c1ccc(C(=O)Nc2ccc(F)c(F)c2)cn1. The molecule has 0 saturated carbocycles. The van der Waals surface area contributed by atoms with E-state index in [2.05, 4.69) is 15.3 Å². The molecule has 0 aliphatic heterocycles. The lowest BCUT2D eigenvalue weighted by Gasteiger charge is -2.18. The highest BCUT2D eigenvalue weighted by Gasteiger charge is 2.10. The van der Waals surface area contributed by atoms with E-state index in [0.717, 1.165) is 30.9 Å². The highest BCUT2D eigenvalue weighted by molar-refractivity contribution is 6.04. The van der Waals surface area contributed by atoms with Crippen LogP contribution in [0.5, 0.6) is 0 Å². The van der Waals surface area contributed by atoms with E-state index in [4.69, 9.17) is 0 Å². The van der Waals surface area contributed by atoms with Crippen molar-refractivity contribution in [3.63, 3.8) is 0 Å². The van der Waals surface area contributed by atoms with Crippen LogP contribution in [-0.2, 0) is 6.42 Å². The molecule has 0 saturated heterocycles. The molecule has 0 atom stereocenters. The molecule has 138 valence electrons. The number of amides is 1. The van der Waals surface area contributed by atoms with Gasteiger partial charge in [-0.25, -0.2) is 13.8 Å². The minimum atomic E-state index is -1.02. The fraction of sp³-hybridized carbons (Fsp3) is 0.150. The number of aromatic nitrogens is 2. The Morgan fingerprint density at radius 2 is 1.85 bits per heavy atom. The number of rotatable bonds is 6. The lowest BCUT2D eigenvalue weighted by atomic mass is 10.2. The smallest absolute Gasteiger partial charge is 0.257 e. The molecule has 0 fully saturated rings. The van der Waals surface area contributed by atoms with Crippen molar-refractivity contribution in [1.82, 2.24) is 9.97 Å². The Morgan fingerprint density at radius 1 is 1.07 bits per heavy atom. The Kier molecular flexibility index (Phi) is 5.71. The van der Waals surface area contributed by atoms with Gasteiger partial charge in [0.25, 0.3) is 5.91 Å².